The molecule has 160 valence electrons. The third-order valence-electron chi connectivity index (χ3n) is 5.94. The number of carbonyl (C=O) groups excluding carboxylic acids is 1. The highest BCUT2D eigenvalue weighted by atomic mass is 16.3. The Morgan fingerprint density at radius 3 is 2.53 bits per heavy atom. The van der Waals surface area contributed by atoms with Crippen LogP contribution in [0.25, 0.3) is 27.9 Å². The van der Waals surface area contributed by atoms with Crippen LogP contribution in [0, 0.1) is 6.92 Å². The fourth-order valence-corrected chi connectivity index (χ4v) is 4.12. The molecule has 1 amide bonds. The second kappa shape index (κ2) is 8.30. The smallest absolute Gasteiger partial charge is 0.246 e. The summed E-state index contributed by atoms with van der Waals surface area (Å²) in [6.07, 6.45) is 4.40. The van der Waals surface area contributed by atoms with E-state index in [1.807, 2.05) is 24.3 Å². The molecule has 4 aromatic rings. The van der Waals surface area contributed by atoms with Crippen molar-refractivity contribution >= 4 is 39.7 Å². The molecular formula is C26H23N3O3. The molecule has 6 heteroatoms. The van der Waals surface area contributed by atoms with Crippen LogP contribution >= 0.6 is 0 Å². The second-order valence-corrected chi connectivity index (χ2v) is 7.98. The lowest BCUT2D eigenvalue weighted by atomic mass is 10.1. The van der Waals surface area contributed by atoms with Crippen LogP contribution in [0.3, 0.4) is 0 Å². The Balaban J connectivity index is 1.27. The van der Waals surface area contributed by atoms with Crippen LogP contribution < -0.4 is 10.3 Å². The molecule has 3 heterocycles. The minimum absolute atomic E-state index is 0.111. The van der Waals surface area contributed by atoms with Crippen LogP contribution in [0.5, 0.6) is 0 Å². The normalized spacial score (nSPS) is 14.5. The van der Waals surface area contributed by atoms with Gasteiger partial charge in [-0.05, 0) is 42.8 Å². The minimum atomic E-state index is -0.140. The van der Waals surface area contributed by atoms with Gasteiger partial charge >= 0.3 is 0 Å². The second-order valence-electron chi connectivity index (χ2n) is 7.98. The van der Waals surface area contributed by atoms with E-state index in [2.05, 4.69) is 24.0 Å². The molecular weight excluding hydrogens is 402 g/mol. The number of carbonyl (C=O) groups is 1. The molecule has 6 nitrogen and oxygen atoms in total. The summed E-state index contributed by atoms with van der Waals surface area (Å²) in [5.41, 5.74) is 2.94. The van der Waals surface area contributed by atoms with Crippen LogP contribution in [-0.2, 0) is 4.79 Å². The molecule has 0 atom stereocenters. The Bertz CT molecular complexity index is 1400. The fraction of sp³-hybridized carbons (Fsp3) is 0.192. The van der Waals surface area contributed by atoms with Crippen LogP contribution in [0.1, 0.15) is 11.1 Å². The first kappa shape index (κ1) is 20.0. The van der Waals surface area contributed by atoms with Gasteiger partial charge in [0, 0.05) is 37.6 Å². The number of amides is 1. The molecule has 32 heavy (non-hydrogen) atoms. The van der Waals surface area contributed by atoms with Gasteiger partial charge < -0.3 is 14.2 Å². The number of aromatic nitrogens is 1. The van der Waals surface area contributed by atoms with E-state index < -0.39 is 0 Å². The van der Waals surface area contributed by atoms with E-state index in [9.17, 15) is 9.59 Å². The van der Waals surface area contributed by atoms with Crippen LogP contribution in [0.4, 0.5) is 5.82 Å². The molecule has 2 aromatic carbocycles. The molecule has 1 fully saturated rings. The SMILES string of the molecule is Cc1cc(N2CCN(C(=O)/C=C/c3coc4ccccc4c3=O)CC2)nc2ccccc12. The maximum absolute atomic E-state index is 12.7. The van der Waals surface area contributed by atoms with E-state index in [-0.39, 0.29) is 11.3 Å². The van der Waals surface area contributed by atoms with Gasteiger partial charge in [0.25, 0.3) is 0 Å². The Morgan fingerprint density at radius 1 is 1.00 bits per heavy atom. The van der Waals surface area contributed by atoms with Crippen LogP contribution in [0.2, 0.25) is 0 Å². The van der Waals surface area contributed by atoms with Gasteiger partial charge in [0.05, 0.1) is 16.5 Å². The molecule has 0 unspecified atom stereocenters. The maximum atomic E-state index is 12.7. The van der Waals surface area contributed by atoms with Crippen LogP contribution in [0.15, 0.2) is 76.1 Å². The molecule has 0 bridgehead atoms. The van der Waals surface area contributed by atoms with Crippen molar-refractivity contribution in [3.63, 3.8) is 0 Å². The summed E-state index contributed by atoms with van der Waals surface area (Å²) in [7, 11) is 0. The van der Waals surface area contributed by atoms with E-state index in [4.69, 9.17) is 9.40 Å². The summed E-state index contributed by atoms with van der Waals surface area (Å²) in [6.45, 7) is 4.72. The van der Waals surface area contributed by atoms with E-state index in [0.717, 1.165) is 16.7 Å². The average Bonchev–Trinajstić information content (AvgIpc) is 2.84. The number of nitrogens with zero attached hydrogens (tertiary/aromatic N) is 3. The number of pyridine rings is 1. The van der Waals surface area contributed by atoms with Crippen molar-refractivity contribution in [1.82, 2.24) is 9.88 Å². The molecule has 1 aliphatic rings. The highest BCUT2D eigenvalue weighted by Gasteiger charge is 2.21. The number of anilines is 1. The standard InChI is InChI=1S/C26H23N3O3/c1-18-16-24(27-22-8-4-2-6-20(18)22)28-12-14-29(15-13-28)25(30)11-10-19-17-32-23-9-5-3-7-21(23)26(19)31/h2-11,16-17H,12-15H2,1H3/b11-10+. The predicted octanol–water partition coefficient (Wildman–Crippen LogP) is 4.01. The molecule has 5 rings (SSSR count). The third kappa shape index (κ3) is 3.75. The molecule has 0 saturated carbocycles. The lowest BCUT2D eigenvalue weighted by Gasteiger charge is -2.35. The summed E-state index contributed by atoms with van der Waals surface area (Å²) in [5.74, 6) is 0.831. The van der Waals surface area contributed by atoms with Crippen molar-refractivity contribution in [2.75, 3.05) is 31.1 Å². The highest BCUT2D eigenvalue weighted by molar-refractivity contribution is 5.92. The number of fused-ring (bicyclic) bond motifs is 2. The van der Waals surface area contributed by atoms with Gasteiger partial charge in [0.1, 0.15) is 17.7 Å². The third-order valence-corrected chi connectivity index (χ3v) is 5.94. The Morgan fingerprint density at radius 2 is 1.72 bits per heavy atom. The number of hydrogen-bond acceptors (Lipinski definition) is 5. The summed E-state index contributed by atoms with van der Waals surface area (Å²) in [4.78, 5) is 34.1. The van der Waals surface area contributed by atoms with Gasteiger partial charge in [0.15, 0.2) is 5.43 Å². The predicted molar refractivity (Wildman–Crippen MR) is 127 cm³/mol. The number of piperazine rings is 1. The first-order valence-electron chi connectivity index (χ1n) is 10.7. The zero-order valence-electron chi connectivity index (χ0n) is 17.8. The van der Waals surface area contributed by atoms with Crippen molar-refractivity contribution in [1.29, 1.82) is 0 Å². The molecule has 0 N–H and O–H groups in total. The van der Waals surface area contributed by atoms with E-state index in [0.29, 0.717) is 42.7 Å². The summed E-state index contributed by atoms with van der Waals surface area (Å²) in [5, 5.41) is 1.67. The van der Waals surface area contributed by atoms with Crippen molar-refractivity contribution < 1.29 is 9.21 Å². The Labute approximate surface area is 185 Å². The molecule has 1 aliphatic heterocycles. The van der Waals surface area contributed by atoms with Crippen molar-refractivity contribution in [2.24, 2.45) is 0 Å². The average molecular weight is 425 g/mol. The number of benzene rings is 2. The lowest BCUT2D eigenvalue weighted by Crippen LogP contribution is -2.48. The van der Waals surface area contributed by atoms with E-state index >= 15 is 0 Å². The number of aryl methyl sites for hydroxylation is 1. The largest absolute Gasteiger partial charge is 0.463 e. The van der Waals surface area contributed by atoms with Gasteiger partial charge in [-0.3, -0.25) is 9.59 Å². The van der Waals surface area contributed by atoms with Gasteiger partial charge in [-0.15, -0.1) is 0 Å². The minimum Gasteiger partial charge on any atom is -0.463 e. The zero-order valence-corrected chi connectivity index (χ0v) is 17.8. The Hall–Kier alpha value is -3.93. The summed E-state index contributed by atoms with van der Waals surface area (Å²) >= 11 is 0. The lowest BCUT2D eigenvalue weighted by molar-refractivity contribution is -0.126. The highest BCUT2D eigenvalue weighted by Crippen LogP contribution is 2.23. The monoisotopic (exact) mass is 425 g/mol. The van der Waals surface area contributed by atoms with Crippen molar-refractivity contribution in [2.45, 2.75) is 6.92 Å². The first-order valence-corrected chi connectivity index (χ1v) is 10.7. The van der Waals surface area contributed by atoms with Gasteiger partial charge in [-0.25, -0.2) is 4.98 Å². The van der Waals surface area contributed by atoms with Gasteiger partial charge in [-0.2, -0.15) is 0 Å². The van der Waals surface area contributed by atoms with Gasteiger partial charge in [-0.1, -0.05) is 30.3 Å². The zero-order chi connectivity index (χ0) is 22.1. The van der Waals surface area contributed by atoms with E-state index in [1.165, 1.54) is 17.9 Å². The maximum Gasteiger partial charge on any atom is 0.246 e. The quantitative estimate of drug-likeness (QED) is 0.464. The number of para-hydroxylation sites is 2. The molecule has 0 aliphatic carbocycles. The molecule has 2 aromatic heterocycles. The number of hydrogen-bond donors (Lipinski definition) is 0. The Kier molecular flexibility index (Phi) is 5.19. The summed E-state index contributed by atoms with van der Waals surface area (Å²) < 4.78 is 5.51. The van der Waals surface area contributed by atoms with Crippen LogP contribution in [-0.4, -0.2) is 42.0 Å². The summed E-state index contributed by atoms with van der Waals surface area (Å²) in [6, 6.07) is 17.3. The van der Waals surface area contributed by atoms with Gasteiger partial charge in [0.2, 0.25) is 5.91 Å². The molecule has 1 saturated heterocycles. The van der Waals surface area contributed by atoms with E-state index in [1.54, 1.807) is 29.2 Å². The molecule has 0 spiro atoms. The van der Waals surface area contributed by atoms with Crippen molar-refractivity contribution in [3.8, 4) is 0 Å². The number of rotatable bonds is 3. The molecule has 0 radical (unpaired) electrons. The van der Waals surface area contributed by atoms with Crippen molar-refractivity contribution in [3.05, 3.63) is 88.3 Å². The first-order chi connectivity index (χ1) is 15.6. The topological polar surface area (TPSA) is 66.7 Å². The fourth-order valence-electron chi connectivity index (χ4n) is 4.12.